The van der Waals surface area contributed by atoms with Gasteiger partial charge >= 0.3 is 0 Å². The first-order chi connectivity index (χ1) is 8.60. The van der Waals surface area contributed by atoms with Crippen LogP contribution in [0.15, 0.2) is 28.1 Å². The second kappa shape index (κ2) is 7.36. The van der Waals surface area contributed by atoms with E-state index < -0.39 is 0 Å². The molecule has 0 radical (unpaired) electrons. The Morgan fingerprint density at radius 1 is 1.67 bits per heavy atom. The third-order valence-electron chi connectivity index (χ3n) is 2.68. The molecule has 4 nitrogen and oxygen atoms in total. The van der Waals surface area contributed by atoms with E-state index in [1.54, 1.807) is 12.3 Å². The van der Waals surface area contributed by atoms with Gasteiger partial charge in [-0.2, -0.15) is 5.10 Å². The molecule has 1 heterocycles. The summed E-state index contributed by atoms with van der Waals surface area (Å²) in [4.78, 5) is 11.9. The molecule has 1 N–H and O–H groups in total. The summed E-state index contributed by atoms with van der Waals surface area (Å²) in [5.41, 5.74) is 0.617. The normalized spacial score (nSPS) is 12.2. The Hall–Kier alpha value is -1.10. The molecule has 100 valence electrons. The highest BCUT2D eigenvalue weighted by molar-refractivity contribution is 9.10. The van der Waals surface area contributed by atoms with Crippen LogP contribution < -0.4 is 10.9 Å². The molecule has 1 unspecified atom stereocenters. The lowest BCUT2D eigenvalue weighted by Gasteiger charge is -2.16. The second-order valence-corrected chi connectivity index (χ2v) is 5.13. The maximum absolute atomic E-state index is 11.9. The first-order valence-corrected chi connectivity index (χ1v) is 7.02. The van der Waals surface area contributed by atoms with Gasteiger partial charge in [0.15, 0.2) is 0 Å². The second-order valence-electron chi connectivity index (χ2n) is 4.34. The van der Waals surface area contributed by atoms with E-state index in [1.165, 1.54) is 17.5 Å². The van der Waals surface area contributed by atoms with Crippen molar-refractivity contribution in [3.05, 3.63) is 33.7 Å². The van der Waals surface area contributed by atoms with Crippen molar-refractivity contribution in [2.75, 3.05) is 5.32 Å². The Morgan fingerprint density at radius 2 is 2.39 bits per heavy atom. The van der Waals surface area contributed by atoms with Gasteiger partial charge < -0.3 is 5.32 Å². The number of nitrogens with one attached hydrogen (secondary N) is 1. The van der Waals surface area contributed by atoms with Crippen LogP contribution in [0.1, 0.15) is 33.1 Å². The lowest BCUT2D eigenvalue weighted by molar-refractivity contribution is 0.632. The maximum atomic E-state index is 11.9. The summed E-state index contributed by atoms with van der Waals surface area (Å²) >= 11 is 3.33. The van der Waals surface area contributed by atoms with E-state index in [0.717, 1.165) is 12.1 Å². The molecule has 0 saturated heterocycles. The summed E-state index contributed by atoms with van der Waals surface area (Å²) in [5.74, 6) is 0. The maximum Gasteiger partial charge on any atom is 0.283 e. The predicted octanol–water partition coefficient (Wildman–Crippen LogP) is 3.18. The molecule has 1 rings (SSSR count). The van der Waals surface area contributed by atoms with Crippen molar-refractivity contribution in [1.82, 2.24) is 9.78 Å². The van der Waals surface area contributed by atoms with Gasteiger partial charge in [-0.05, 0) is 29.3 Å². The van der Waals surface area contributed by atoms with Crippen LogP contribution in [-0.4, -0.2) is 15.8 Å². The van der Waals surface area contributed by atoms with Gasteiger partial charge in [-0.1, -0.05) is 25.8 Å². The number of hydrogen-bond acceptors (Lipinski definition) is 3. The van der Waals surface area contributed by atoms with E-state index in [2.05, 4.69) is 46.8 Å². The fraction of sp³-hybridized carbons (Fsp3) is 0.538. The summed E-state index contributed by atoms with van der Waals surface area (Å²) in [7, 11) is 0. The topological polar surface area (TPSA) is 46.9 Å². The highest BCUT2D eigenvalue weighted by atomic mass is 79.9. The number of aromatic nitrogens is 2. The molecule has 1 atom stereocenters. The van der Waals surface area contributed by atoms with Crippen molar-refractivity contribution in [3.8, 4) is 0 Å². The zero-order valence-corrected chi connectivity index (χ0v) is 12.5. The van der Waals surface area contributed by atoms with Crippen LogP contribution in [0.3, 0.4) is 0 Å². The molecule has 0 fully saturated rings. The van der Waals surface area contributed by atoms with Crippen LogP contribution >= 0.6 is 15.9 Å². The third-order valence-corrected chi connectivity index (χ3v) is 3.45. The standard InChI is InChI=1S/C13H20BrN3O/c1-4-6-7-10(3)16-11-9-15-17(8-5-2)13(18)12(11)14/h5,9-10,16H,2,4,6-8H2,1,3H3. The number of anilines is 1. The molecular weight excluding hydrogens is 294 g/mol. The molecule has 0 saturated carbocycles. The van der Waals surface area contributed by atoms with E-state index in [4.69, 9.17) is 0 Å². The minimum Gasteiger partial charge on any atom is -0.380 e. The van der Waals surface area contributed by atoms with Gasteiger partial charge in [0.1, 0.15) is 4.47 Å². The van der Waals surface area contributed by atoms with Crippen LogP contribution in [0, 0.1) is 0 Å². The van der Waals surface area contributed by atoms with Gasteiger partial charge in [-0.25, -0.2) is 4.68 Å². The zero-order valence-electron chi connectivity index (χ0n) is 10.9. The molecular formula is C13H20BrN3O. The number of rotatable bonds is 7. The number of nitrogens with zero attached hydrogens (tertiary/aromatic N) is 2. The Bertz CT molecular complexity index is 456. The van der Waals surface area contributed by atoms with Gasteiger partial charge in [0.25, 0.3) is 5.56 Å². The molecule has 0 aliphatic heterocycles. The highest BCUT2D eigenvalue weighted by Gasteiger charge is 2.10. The summed E-state index contributed by atoms with van der Waals surface area (Å²) < 4.78 is 1.90. The monoisotopic (exact) mass is 313 g/mol. The average molecular weight is 314 g/mol. The van der Waals surface area contributed by atoms with Gasteiger partial charge in [-0.3, -0.25) is 4.79 Å². The molecule has 18 heavy (non-hydrogen) atoms. The molecule has 5 heteroatoms. The minimum atomic E-state index is -0.136. The predicted molar refractivity (Wildman–Crippen MR) is 79.0 cm³/mol. The van der Waals surface area contributed by atoms with E-state index in [9.17, 15) is 4.79 Å². The van der Waals surface area contributed by atoms with E-state index in [0.29, 0.717) is 17.1 Å². The Morgan fingerprint density at radius 3 is 3.00 bits per heavy atom. The largest absolute Gasteiger partial charge is 0.380 e. The Labute approximate surface area is 116 Å². The molecule has 0 spiro atoms. The lowest BCUT2D eigenvalue weighted by atomic mass is 10.1. The minimum absolute atomic E-state index is 0.136. The van der Waals surface area contributed by atoms with Crippen molar-refractivity contribution in [2.24, 2.45) is 0 Å². The van der Waals surface area contributed by atoms with Crippen LogP contribution in [0.2, 0.25) is 0 Å². The SMILES string of the molecule is C=CCn1ncc(NC(C)CCCC)c(Br)c1=O. The van der Waals surface area contributed by atoms with Crippen molar-refractivity contribution in [2.45, 2.75) is 45.7 Å². The Kier molecular flexibility index (Phi) is 6.12. The Balaban J connectivity index is 2.82. The van der Waals surface area contributed by atoms with Gasteiger partial charge in [-0.15, -0.1) is 6.58 Å². The van der Waals surface area contributed by atoms with Crippen LogP contribution in [-0.2, 0) is 6.54 Å². The smallest absolute Gasteiger partial charge is 0.283 e. The summed E-state index contributed by atoms with van der Waals surface area (Å²) in [5, 5.41) is 7.41. The summed E-state index contributed by atoms with van der Waals surface area (Å²) in [6.45, 7) is 8.30. The van der Waals surface area contributed by atoms with Crippen molar-refractivity contribution in [1.29, 1.82) is 0 Å². The average Bonchev–Trinajstić information content (AvgIpc) is 2.36. The number of halogens is 1. The van der Waals surface area contributed by atoms with Crippen LogP contribution in [0.4, 0.5) is 5.69 Å². The molecule has 0 aliphatic rings. The van der Waals surface area contributed by atoms with Gasteiger partial charge in [0.05, 0.1) is 18.4 Å². The van der Waals surface area contributed by atoms with Gasteiger partial charge in [0, 0.05) is 6.04 Å². The summed E-state index contributed by atoms with van der Waals surface area (Å²) in [6, 6.07) is 0.331. The number of unbranched alkanes of at least 4 members (excludes halogenated alkanes) is 1. The number of allylic oxidation sites excluding steroid dienone is 1. The first-order valence-electron chi connectivity index (χ1n) is 6.23. The lowest BCUT2D eigenvalue weighted by Crippen LogP contribution is -2.25. The molecule has 1 aromatic heterocycles. The summed E-state index contributed by atoms with van der Waals surface area (Å²) in [6.07, 6.45) is 6.76. The van der Waals surface area contributed by atoms with E-state index in [1.807, 2.05) is 0 Å². The van der Waals surface area contributed by atoms with Crippen LogP contribution in [0.25, 0.3) is 0 Å². The van der Waals surface area contributed by atoms with Crippen LogP contribution in [0.5, 0.6) is 0 Å². The van der Waals surface area contributed by atoms with E-state index in [-0.39, 0.29) is 5.56 Å². The fourth-order valence-electron chi connectivity index (χ4n) is 1.67. The molecule has 1 aromatic rings. The molecule has 0 aromatic carbocycles. The third kappa shape index (κ3) is 3.98. The molecule has 0 aliphatic carbocycles. The highest BCUT2D eigenvalue weighted by Crippen LogP contribution is 2.18. The zero-order chi connectivity index (χ0) is 13.5. The van der Waals surface area contributed by atoms with E-state index >= 15 is 0 Å². The number of hydrogen-bond donors (Lipinski definition) is 1. The molecule has 0 amide bonds. The molecule has 0 bridgehead atoms. The van der Waals surface area contributed by atoms with Crippen molar-refractivity contribution >= 4 is 21.6 Å². The van der Waals surface area contributed by atoms with Crippen molar-refractivity contribution < 1.29 is 0 Å². The van der Waals surface area contributed by atoms with Crippen molar-refractivity contribution in [3.63, 3.8) is 0 Å². The fourth-order valence-corrected chi connectivity index (χ4v) is 2.09. The van der Waals surface area contributed by atoms with Gasteiger partial charge in [0.2, 0.25) is 0 Å². The quantitative estimate of drug-likeness (QED) is 0.786. The first kappa shape index (κ1) is 15.0.